The molecule has 0 aliphatic rings. The van der Waals surface area contributed by atoms with E-state index in [1.54, 1.807) is 6.92 Å². The van der Waals surface area contributed by atoms with Crippen molar-refractivity contribution in [3.8, 4) is 0 Å². The maximum atomic E-state index is 13.0. The Hall–Kier alpha value is -0.930. The fourth-order valence-electron chi connectivity index (χ4n) is 3.31. The second kappa shape index (κ2) is 9.53. The molecule has 24 heavy (non-hydrogen) atoms. The number of nitrogens with one attached hydrogen (secondary N) is 1. The first-order chi connectivity index (χ1) is 11.4. The van der Waals surface area contributed by atoms with E-state index in [0.29, 0.717) is 17.2 Å². The molecule has 6 heteroatoms. The lowest BCUT2D eigenvalue weighted by atomic mass is 10.2. The number of carbonyl (C=O) groups excluding carboxylic acids is 2. The van der Waals surface area contributed by atoms with Crippen LogP contribution in [0.25, 0.3) is 0 Å². The van der Waals surface area contributed by atoms with Gasteiger partial charge in [-0.25, -0.2) is 4.79 Å². The first kappa shape index (κ1) is 21.1. The summed E-state index contributed by atoms with van der Waals surface area (Å²) in [4.78, 5) is 25.6. The largest absolute Gasteiger partial charge is 0.462 e. The Kier molecular flexibility index (Phi) is 8.38. The number of anilines is 1. The molecule has 0 aliphatic carbocycles. The molecule has 1 aromatic heterocycles. The zero-order valence-electron chi connectivity index (χ0n) is 15.8. The third-order valence-corrected chi connectivity index (χ3v) is 11.7. The number of esters is 1. The molecule has 0 aromatic carbocycles. The van der Waals surface area contributed by atoms with Crippen molar-refractivity contribution in [2.75, 3.05) is 30.4 Å². The first-order valence-electron chi connectivity index (χ1n) is 8.82. The molecule has 136 valence electrons. The Labute approximate surface area is 150 Å². The summed E-state index contributed by atoms with van der Waals surface area (Å²) in [6.07, 6.45) is 4.09. The molecule has 0 fully saturated rings. The predicted octanol–water partition coefficient (Wildman–Crippen LogP) is 5.03. The van der Waals surface area contributed by atoms with Gasteiger partial charge in [0.2, 0.25) is 0 Å². The molecule has 0 aliphatic heterocycles. The minimum atomic E-state index is -1.31. The average Bonchev–Trinajstić information content (AvgIpc) is 2.93. The highest BCUT2D eigenvalue weighted by atomic mass is 32.1. The smallest absolute Gasteiger partial charge is 0.350 e. The first-order valence-corrected chi connectivity index (χ1v) is 12.1. The van der Waals surface area contributed by atoms with E-state index in [0.717, 1.165) is 30.5 Å². The Bertz CT molecular complexity index is 558. The summed E-state index contributed by atoms with van der Waals surface area (Å²) in [5.41, 5.74) is 1.59. The van der Waals surface area contributed by atoms with E-state index in [1.165, 1.54) is 11.3 Å². The molecule has 0 saturated carbocycles. The Balaban J connectivity index is 3.09. The van der Waals surface area contributed by atoms with Gasteiger partial charge in [0, 0.05) is 7.26 Å². The van der Waals surface area contributed by atoms with Crippen molar-refractivity contribution in [3.05, 3.63) is 15.8 Å². The molecule has 0 saturated heterocycles. The Morgan fingerprint density at radius 3 is 2.21 bits per heavy atom. The second-order valence-corrected chi connectivity index (χ2v) is 11.8. The van der Waals surface area contributed by atoms with Crippen LogP contribution in [0.1, 0.15) is 56.3 Å². The Morgan fingerprint density at radius 2 is 1.75 bits per heavy atom. The lowest BCUT2D eigenvalue weighted by molar-refractivity contribution is -0.115. The average molecular weight is 372 g/mol. The van der Waals surface area contributed by atoms with Gasteiger partial charge in [-0.3, -0.25) is 4.79 Å². The van der Waals surface area contributed by atoms with Gasteiger partial charge in [0.25, 0.3) is 5.91 Å². The van der Waals surface area contributed by atoms with E-state index in [1.807, 2.05) is 12.3 Å². The van der Waals surface area contributed by atoms with Crippen LogP contribution in [-0.2, 0) is 9.53 Å². The van der Waals surface area contributed by atoms with Crippen molar-refractivity contribution in [1.29, 1.82) is 0 Å². The lowest BCUT2D eigenvalue weighted by Gasteiger charge is -2.31. The van der Waals surface area contributed by atoms with Crippen LogP contribution >= 0.6 is 18.6 Å². The van der Waals surface area contributed by atoms with Crippen molar-refractivity contribution in [1.82, 2.24) is 0 Å². The summed E-state index contributed by atoms with van der Waals surface area (Å²) >= 11 is 1.33. The lowest BCUT2D eigenvalue weighted by Crippen LogP contribution is -2.33. The molecule has 1 unspecified atom stereocenters. The van der Waals surface area contributed by atoms with Gasteiger partial charge >= 0.3 is 5.97 Å². The van der Waals surface area contributed by atoms with Gasteiger partial charge in [0.15, 0.2) is 0 Å². The van der Waals surface area contributed by atoms with Crippen LogP contribution in [0, 0.1) is 6.92 Å². The molecule has 1 N–H and O–H groups in total. The number of aryl methyl sites for hydroxylation is 1. The third kappa shape index (κ3) is 4.37. The number of carbonyl (C=O) groups is 2. The third-order valence-electron chi connectivity index (χ3n) is 4.92. The zero-order valence-corrected chi connectivity index (χ0v) is 17.5. The Morgan fingerprint density at radius 1 is 1.17 bits per heavy atom. The van der Waals surface area contributed by atoms with E-state index in [9.17, 15) is 9.59 Å². The molecule has 1 atom stereocenters. The van der Waals surface area contributed by atoms with Gasteiger partial charge in [0.1, 0.15) is 10.5 Å². The van der Waals surface area contributed by atoms with Crippen LogP contribution in [0.3, 0.4) is 0 Å². The SMILES string of the molecule is CCOC(=O)c1scc(C)c1NC(=O)C(CC)[P+](CC)(CC)CC. The quantitative estimate of drug-likeness (QED) is 0.489. The molecule has 1 amide bonds. The summed E-state index contributed by atoms with van der Waals surface area (Å²) in [6.45, 7) is 12.7. The molecule has 4 nitrogen and oxygen atoms in total. The molecule has 1 aromatic rings. The number of ether oxygens (including phenoxy) is 1. The van der Waals surface area contributed by atoms with Crippen molar-refractivity contribution in [2.45, 2.75) is 53.6 Å². The number of thiophene rings is 1. The van der Waals surface area contributed by atoms with Crippen molar-refractivity contribution >= 4 is 36.2 Å². The molecule has 0 bridgehead atoms. The van der Waals surface area contributed by atoms with Crippen molar-refractivity contribution in [2.24, 2.45) is 0 Å². The van der Waals surface area contributed by atoms with E-state index in [4.69, 9.17) is 4.74 Å². The van der Waals surface area contributed by atoms with Crippen LogP contribution < -0.4 is 5.32 Å². The molecule has 1 heterocycles. The fourth-order valence-corrected chi connectivity index (χ4v) is 8.20. The highest BCUT2D eigenvalue weighted by molar-refractivity contribution is 7.77. The van der Waals surface area contributed by atoms with E-state index < -0.39 is 7.26 Å². The van der Waals surface area contributed by atoms with Crippen molar-refractivity contribution < 1.29 is 14.3 Å². The highest BCUT2D eigenvalue weighted by Gasteiger charge is 2.44. The van der Waals surface area contributed by atoms with Crippen LogP contribution in [0.4, 0.5) is 5.69 Å². The van der Waals surface area contributed by atoms with E-state index in [2.05, 4.69) is 33.0 Å². The molecular formula is C18H31NO3PS+. The van der Waals surface area contributed by atoms with E-state index in [-0.39, 0.29) is 17.5 Å². The number of amides is 1. The standard InChI is InChI=1S/C18H30NO3PS/c1-7-14(23(9-3,10-4)11-5)17(20)19-15-13(6)12-24-16(15)18(21)22-8-2/h12,14H,7-11H2,1-6H3/p+1. The molecule has 0 radical (unpaired) electrons. The summed E-state index contributed by atoms with van der Waals surface area (Å²) < 4.78 is 5.11. The van der Waals surface area contributed by atoms with Crippen LogP contribution in [0.5, 0.6) is 0 Å². The van der Waals surface area contributed by atoms with Crippen molar-refractivity contribution in [3.63, 3.8) is 0 Å². The van der Waals surface area contributed by atoms with Gasteiger partial charge in [-0.1, -0.05) is 6.92 Å². The molecule has 0 spiro atoms. The second-order valence-electron chi connectivity index (χ2n) is 5.92. The number of rotatable bonds is 9. The monoisotopic (exact) mass is 372 g/mol. The van der Waals surface area contributed by atoms with E-state index >= 15 is 0 Å². The summed E-state index contributed by atoms with van der Waals surface area (Å²) in [5, 5.41) is 4.95. The summed E-state index contributed by atoms with van der Waals surface area (Å²) in [5.74, 6) is -0.301. The minimum absolute atomic E-state index is 0.0480. The van der Waals surface area contributed by atoms with Crippen LogP contribution in [0.2, 0.25) is 0 Å². The van der Waals surface area contributed by atoms with Gasteiger partial charge < -0.3 is 10.1 Å². The molecular weight excluding hydrogens is 341 g/mol. The van der Waals surface area contributed by atoms with Gasteiger partial charge in [-0.05, 0) is 52.0 Å². The van der Waals surface area contributed by atoms with Crippen LogP contribution in [-0.4, -0.2) is 42.6 Å². The zero-order chi connectivity index (χ0) is 18.3. The normalized spacial score (nSPS) is 12.8. The maximum Gasteiger partial charge on any atom is 0.350 e. The predicted molar refractivity (Wildman–Crippen MR) is 106 cm³/mol. The summed E-state index contributed by atoms with van der Waals surface area (Å²) in [6, 6.07) is 0. The summed E-state index contributed by atoms with van der Waals surface area (Å²) in [7, 11) is -1.31. The topological polar surface area (TPSA) is 55.4 Å². The molecule has 1 rings (SSSR count). The van der Waals surface area contributed by atoms with Gasteiger partial charge in [-0.15, -0.1) is 11.3 Å². The minimum Gasteiger partial charge on any atom is -0.462 e. The fraction of sp³-hybridized carbons (Fsp3) is 0.667. The highest BCUT2D eigenvalue weighted by Crippen LogP contribution is 2.63. The number of hydrogen-bond donors (Lipinski definition) is 1. The van der Waals surface area contributed by atoms with Gasteiger partial charge in [0.05, 0.1) is 30.8 Å². The number of hydrogen-bond acceptors (Lipinski definition) is 4. The maximum absolute atomic E-state index is 13.0. The van der Waals surface area contributed by atoms with Gasteiger partial charge in [-0.2, -0.15) is 0 Å². The van der Waals surface area contributed by atoms with Crippen LogP contribution in [0.15, 0.2) is 5.38 Å².